The van der Waals surface area contributed by atoms with E-state index in [2.05, 4.69) is 26.1 Å². The molecule has 2 amide bonds. The molecule has 0 aromatic heterocycles. The van der Waals surface area contributed by atoms with E-state index >= 15 is 0 Å². The summed E-state index contributed by atoms with van der Waals surface area (Å²) in [7, 11) is 0. The van der Waals surface area contributed by atoms with E-state index in [1.807, 2.05) is 0 Å². The lowest BCUT2D eigenvalue weighted by molar-refractivity contribution is -0.0839. The molecule has 1 aliphatic heterocycles. The Labute approximate surface area is 137 Å². The SMILES string of the molecule is CC(C)(C)[C@H]1OCCC[C@H]1CNC(=O)c1ccc(C(N)=O)cc1. The van der Waals surface area contributed by atoms with Crippen molar-refractivity contribution in [3.63, 3.8) is 0 Å². The first-order chi connectivity index (χ1) is 10.8. The van der Waals surface area contributed by atoms with Crippen LogP contribution in [-0.4, -0.2) is 31.1 Å². The molecule has 5 nitrogen and oxygen atoms in total. The number of amides is 2. The maximum atomic E-state index is 12.3. The van der Waals surface area contributed by atoms with Gasteiger partial charge in [0, 0.05) is 30.2 Å². The monoisotopic (exact) mass is 318 g/mol. The summed E-state index contributed by atoms with van der Waals surface area (Å²) in [5, 5.41) is 2.98. The zero-order valence-electron chi connectivity index (χ0n) is 14.1. The zero-order chi connectivity index (χ0) is 17.0. The highest BCUT2D eigenvalue weighted by molar-refractivity contribution is 5.97. The second-order valence-corrected chi connectivity index (χ2v) is 7.21. The normalized spacial score (nSPS) is 21.7. The minimum Gasteiger partial charge on any atom is -0.377 e. The van der Waals surface area contributed by atoms with Crippen LogP contribution in [0.2, 0.25) is 0 Å². The molecule has 0 bridgehead atoms. The molecule has 0 radical (unpaired) electrons. The fourth-order valence-corrected chi connectivity index (χ4v) is 3.12. The Hall–Kier alpha value is -1.88. The van der Waals surface area contributed by atoms with Crippen LogP contribution in [0.4, 0.5) is 0 Å². The Bertz CT molecular complexity index is 561. The molecule has 126 valence electrons. The molecule has 23 heavy (non-hydrogen) atoms. The number of nitrogens with one attached hydrogen (secondary N) is 1. The van der Waals surface area contributed by atoms with E-state index < -0.39 is 5.91 Å². The van der Waals surface area contributed by atoms with Gasteiger partial charge in [-0.25, -0.2) is 0 Å². The maximum Gasteiger partial charge on any atom is 0.251 e. The number of hydrogen-bond acceptors (Lipinski definition) is 3. The Morgan fingerprint density at radius 2 is 1.83 bits per heavy atom. The van der Waals surface area contributed by atoms with Gasteiger partial charge >= 0.3 is 0 Å². The van der Waals surface area contributed by atoms with Crippen molar-refractivity contribution in [2.24, 2.45) is 17.1 Å². The molecule has 2 rings (SSSR count). The molecule has 2 atom stereocenters. The quantitative estimate of drug-likeness (QED) is 0.894. The largest absolute Gasteiger partial charge is 0.377 e. The van der Waals surface area contributed by atoms with Crippen LogP contribution in [0.5, 0.6) is 0 Å². The molecular weight excluding hydrogens is 292 g/mol. The fourth-order valence-electron chi connectivity index (χ4n) is 3.12. The van der Waals surface area contributed by atoms with Gasteiger partial charge in [0.1, 0.15) is 0 Å². The summed E-state index contributed by atoms with van der Waals surface area (Å²) in [5.74, 6) is -0.318. The highest BCUT2D eigenvalue weighted by atomic mass is 16.5. The number of nitrogens with two attached hydrogens (primary N) is 1. The van der Waals surface area contributed by atoms with E-state index in [0.717, 1.165) is 19.4 Å². The van der Waals surface area contributed by atoms with Crippen molar-refractivity contribution >= 4 is 11.8 Å². The van der Waals surface area contributed by atoms with Crippen LogP contribution >= 0.6 is 0 Å². The third kappa shape index (κ3) is 4.55. The number of ether oxygens (including phenoxy) is 1. The smallest absolute Gasteiger partial charge is 0.251 e. The third-order valence-electron chi connectivity index (χ3n) is 4.25. The predicted molar refractivity (Wildman–Crippen MR) is 89.2 cm³/mol. The second kappa shape index (κ2) is 7.13. The molecule has 0 saturated carbocycles. The molecule has 0 aliphatic carbocycles. The highest BCUT2D eigenvalue weighted by Crippen LogP contribution is 2.33. The number of carbonyl (C=O) groups excluding carboxylic acids is 2. The standard InChI is InChI=1S/C18H26N2O3/c1-18(2,3)15-14(5-4-10-23-15)11-20-17(22)13-8-6-12(7-9-13)16(19)21/h6-9,14-15H,4-5,10-11H2,1-3H3,(H2,19,21)(H,20,22)/t14-,15-/m0/s1. The van der Waals surface area contributed by atoms with Crippen LogP contribution in [0.1, 0.15) is 54.3 Å². The Balaban J connectivity index is 1.96. The molecule has 1 aromatic carbocycles. The van der Waals surface area contributed by atoms with Gasteiger partial charge in [-0.2, -0.15) is 0 Å². The topological polar surface area (TPSA) is 81.4 Å². The summed E-state index contributed by atoms with van der Waals surface area (Å²) >= 11 is 0. The fraction of sp³-hybridized carbons (Fsp3) is 0.556. The van der Waals surface area contributed by atoms with Gasteiger partial charge in [-0.15, -0.1) is 0 Å². The lowest BCUT2D eigenvalue weighted by atomic mass is 9.78. The lowest BCUT2D eigenvalue weighted by Gasteiger charge is -2.40. The molecule has 1 saturated heterocycles. The van der Waals surface area contributed by atoms with E-state index in [0.29, 0.717) is 23.6 Å². The lowest BCUT2D eigenvalue weighted by Crippen LogP contribution is -2.45. The average Bonchev–Trinajstić information content (AvgIpc) is 2.52. The molecule has 1 fully saturated rings. The van der Waals surface area contributed by atoms with Crippen LogP contribution in [0.25, 0.3) is 0 Å². The molecule has 0 unspecified atom stereocenters. The summed E-state index contributed by atoms with van der Waals surface area (Å²) in [4.78, 5) is 23.3. The van der Waals surface area contributed by atoms with Crippen molar-refractivity contribution in [3.05, 3.63) is 35.4 Å². The highest BCUT2D eigenvalue weighted by Gasteiger charge is 2.35. The van der Waals surface area contributed by atoms with E-state index in [9.17, 15) is 9.59 Å². The van der Waals surface area contributed by atoms with Crippen LogP contribution in [-0.2, 0) is 4.74 Å². The Kier molecular flexibility index (Phi) is 5.42. The summed E-state index contributed by atoms with van der Waals surface area (Å²) in [6.45, 7) is 7.89. The van der Waals surface area contributed by atoms with E-state index in [4.69, 9.17) is 10.5 Å². The average molecular weight is 318 g/mol. The Morgan fingerprint density at radius 1 is 1.22 bits per heavy atom. The van der Waals surface area contributed by atoms with Gasteiger partial charge in [-0.1, -0.05) is 20.8 Å². The zero-order valence-corrected chi connectivity index (χ0v) is 14.1. The summed E-state index contributed by atoms with van der Waals surface area (Å²) < 4.78 is 5.93. The molecule has 1 heterocycles. The number of benzene rings is 1. The molecular formula is C18H26N2O3. The van der Waals surface area contributed by atoms with Crippen LogP contribution in [0, 0.1) is 11.3 Å². The van der Waals surface area contributed by atoms with E-state index in [1.54, 1.807) is 24.3 Å². The first-order valence-corrected chi connectivity index (χ1v) is 8.08. The van der Waals surface area contributed by atoms with Crippen molar-refractivity contribution in [2.45, 2.75) is 39.7 Å². The predicted octanol–water partition coefficient (Wildman–Crippen LogP) is 2.36. The van der Waals surface area contributed by atoms with Crippen molar-refractivity contribution < 1.29 is 14.3 Å². The summed E-state index contributed by atoms with van der Waals surface area (Å²) in [5.41, 5.74) is 6.18. The number of rotatable bonds is 4. The molecule has 1 aliphatic rings. The molecule has 3 N–H and O–H groups in total. The van der Waals surface area contributed by atoms with Gasteiger partial charge in [0.2, 0.25) is 5.91 Å². The second-order valence-electron chi connectivity index (χ2n) is 7.21. The first-order valence-electron chi connectivity index (χ1n) is 8.08. The van der Waals surface area contributed by atoms with E-state index in [1.165, 1.54) is 0 Å². The molecule has 1 aromatic rings. The first kappa shape index (κ1) is 17.5. The van der Waals surface area contributed by atoms with E-state index in [-0.39, 0.29) is 17.4 Å². The van der Waals surface area contributed by atoms with Crippen molar-refractivity contribution in [1.29, 1.82) is 0 Å². The third-order valence-corrected chi connectivity index (χ3v) is 4.25. The van der Waals surface area contributed by atoms with Gasteiger partial charge in [-0.05, 0) is 42.5 Å². The van der Waals surface area contributed by atoms with Gasteiger partial charge in [-0.3, -0.25) is 9.59 Å². The van der Waals surface area contributed by atoms with Gasteiger partial charge in [0.15, 0.2) is 0 Å². The summed E-state index contributed by atoms with van der Waals surface area (Å²) in [6, 6.07) is 6.37. The van der Waals surface area contributed by atoms with Gasteiger partial charge in [0.05, 0.1) is 6.10 Å². The maximum absolute atomic E-state index is 12.3. The Morgan fingerprint density at radius 3 is 2.39 bits per heavy atom. The van der Waals surface area contributed by atoms with Crippen molar-refractivity contribution in [3.8, 4) is 0 Å². The summed E-state index contributed by atoms with van der Waals surface area (Å²) in [6.07, 6.45) is 2.23. The minimum absolute atomic E-state index is 0.0545. The van der Waals surface area contributed by atoms with Crippen LogP contribution < -0.4 is 11.1 Å². The van der Waals surface area contributed by atoms with Crippen molar-refractivity contribution in [1.82, 2.24) is 5.32 Å². The number of hydrogen-bond donors (Lipinski definition) is 2. The number of carbonyl (C=O) groups is 2. The van der Waals surface area contributed by atoms with Crippen molar-refractivity contribution in [2.75, 3.05) is 13.2 Å². The molecule has 0 spiro atoms. The van der Waals surface area contributed by atoms with Gasteiger partial charge < -0.3 is 15.8 Å². The van der Waals surface area contributed by atoms with Crippen LogP contribution in [0.15, 0.2) is 24.3 Å². The number of primary amides is 1. The van der Waals surface area contributed by atoms with Gasteiger partial charge in [0.25, 0.3) is 5.91 Å². The molecule has 5 heteroatoms. The van der Waals surface area contributed by atoms with Crippen LogP contribution in [0.3, 0.4) is 0 Å². The minimum atomic E-state index is -0.496.